The van der Waals surface area contributed by atoms with Crippen LogP contribution in [0.25, 0.3) is 0 Å². The van der Waals surface area contributed by atoms with Crippen molar-refractivity contribution in [3.8, 4) is 5.75 Å². The maximum absolute atomic E-state index is 12.1. The molecule has 0 saturated heterocycles. The SMILES string of the molecule is COc1cc2c(cc1S(C)(=O)=O)C(c1ccccc1)CNCC2. The van der Waals surface area contributed by atoms with E-state index in [1.807, 2.05) is 24.3 Å². The number of rotatable bonds is 3. The van der Waals surface area contributed by atoms with Crippen LogP contribution in [0.1, 0.15) is 22.6 Å². The molecule has 122 valence electrons. The maximum atomic E-state index is 12.1. The van der Waals surface area contributed by atoms with Crippen LogP contribution in [0.4, 0.5) is 0 Å². The van der Waals surface area contributed by atoms with Crippen LogP contribution >= 0.6 is 0 Å². The monoisotopic (exact) mass is 331 g/mol. The van der Waals surface area contributed by atoms with Crippen LogP contribution in [0.15, 0.2) is 47.4 Å². The van der Waals surface area contributed by atoms with Gasteiger partial charge in [0.1, 0.15) is 10.6 Å². The largest absolute Gasteiger partial charge is 0.495 e. The van der Waals surface area contributed by atoms with E-state index in [0.29, 0.717) is 5.75 Å². The van der Waals surface area contributed by atoms with Crippen LogP contribution in [-0.2, 0) is 16.3 Å². The third-order valence-electron chi connectivity index (χ3n) is 4.32. The van der Waals surface area contributed by atoms with Crippen LogP contribution in [0, 0.1) is 0 Å². The van der Waals surface area contributed by atoms with Gasteiger partial charge in [0.05, 0.1) is 7.11 Å². The van der Waals surface area contributed by atoms with Crippen molar-refractivity contribution in [2.45, 2.75) is 17.2 Å². The minimum atomic E-state index is -3.34. The molecule has 0 saturated carbocycles. The first-order chi connectivity index (χ1) is 11.0. The van der Waals surface area contributed by atoms with Crippen LogP contribution in [0.2, 0.25) is 0 Å². The van der Waals surface area contributed by atoms with Gasteiger partial charge in [0.2, 0.25) is 0 Å². The zero-order valence-electron chi connectivity index (χ0n) is 13.4. The van der Waals surface area contributed by atoms with Crippen molar-refractivity contribution < 1.29 is 13.2 Å². The molecule has 23 heavy (non-hydrogen) atoms. The summed E-state index contributed by atoms with van der Waals surface area (Å²) in [6.45, 7) is 1.67. The Labute approximate surface area is 137 Å². The Balaban J connectivity index is 2.20. The second kappa shape index (κ2) is 6.34. The highest BCUT2D eigenvalue weighted by Crippen LogP contribution is 2.35. The highest BCUT2D eigenvalue weighted by atomic mass is 32.2. The van der Waals surface area contributed by atoms with Crippen molar-refractivity contribution in [2.24, 2.45) is 0 Å². The molecule has 2 aromatic carbocycles. The molecule has 0 aliphatic carbocycles. The minimum Gasteiger partial charge on any atom is -0.495 e. The Morgan fingerprint density at radius 2 is 1.91 bits per heavy atom. The van der Waals surface area contributed by atoms with Crippen molar-refractivity contribution >= 4 is 9.84 Å². The van der Waals surface area contributed by atoms with Gasteiger partial charge in [-0.2, -0.15) is 0 Å². The van der Waals surface area contributed by atoms with Gasteiger partial charge in [-0.05, 0) is 41.8 Å². The fourth-order valence-electron chi connectivity index (χ4n) is 3.17. The molecular formula is C18H21NO3S. The van der Waals surface area contributed by atoms with Crippen molar-refractivity contribution in [1.82, 2.24) is 5.32 Å². The predicted octanol–water partition coefficient (Wildman–Crippen LogP) is 2.38. The van der Waals surface area contributed by atoms with Gasteiger partial charge in [0.15, 0.2) is 9.84 Å². The minimum absolute atomic E-state index is 0.139. The fraction of sp³-hybridized carbons (Fsp3) is 0.333. The van der Waals surface area contributed by atoms with E-state index in [9.17, 15) is 8.42 Å². The van der Waals surface area contributed by atoms with Gasteiger partial charge in [-0.1, -0.05) is 30.3 Å². The highest BCUT2D eigenvalue weighted by Gasteiger charge is 2.25. The molecule has 1 aliphatic heterocycles. The molecule has 0 bridgehead atoms. The lowest BCUT2D eigenvalue weighted by Gasteiger charge is -2.20. The lowest BCUT2D eigenvalue weighted by Crippen LogP contribution is -2.20. The molecule has 1 heterocycles. The van der Waals surface area contributed by atoms with Gasteiger partial charge in [-0.3, -0.25) is 0 Å². The summed E-state index contributed by atoms with van der Waals surface area (Å²) in [6.07, 6.45) is 2.09. The number of hydrogen-bond acceptors (Lipinski definition) is 4. The molecule has 0 spiro atoms. The summed E-state index contributed by atoms with van der Waals surface area (Å²) in [5, 5.41) is 3.45. The lowest BCUT2D eigenvalue weighted by atomic mass is 9.88. The summed E-state index contributed by atoms with van der Waals surface area (Å²) in [5.74, 6) is 0.570. The van der Waals surface area contributed by atoms with Gasteiger partial charge >= 0.3 is 0 Å². The van der Waals surface area contributed by atoms with Gasteiger partial charge in [-0.25, -0.2) is 8.42 Å². The molecule has 2 aromatic rings. The molecule has 0 radical (unpaired) electrons. The van der Waals surface area contributed by atoms with E-state index in [1.165, 1.54) is 18.9 Å². The maximum Gasteiger partial charge on any atom is 0.179 e. The van der Waals surface area contributed by atoms with Gasteiger partial charge in [0.25, 0.3) is 0 Å². The molecule has 5 heteroatoms. The molecule has 0 fully saturated rings. The standard InChI is InChI=1S/C18H21NO3S/c1-22-17-10-14-8-9-19-12-16(13-6-4-3-5-7-13)15(14)11-18(17)23(2,20)21/h3-7,10-11,16,19H,8-9,12H2,1-2H3. The Morgan fingerprint density at radius 3 is 2.57 bits per heavy atom. The summed E-state index contributed by atoms with van der Waals surface area (Å²) in [6, 6.07) is 13.9. The van der Waals surface area contributed by atoms with E-state index in [0.717, 1.165) is 30.6 Å². The molecular weight excluding hydrogens is 310 g/mol. The van der Waals surface area contributed by atoms with Gasteiger partial charge in [0, 0.05) is 18.7 Å². The second-order valence-corrected chi connectivity index (χ2v) is 7.88. The van der Waals surface area contributed by atoms with E-state index in [2.05, 4.69) is 17.4 Å². The van der Waals surface area contributed by atoms with Crippen molar-refractivity contribution in [1.29, 1.82) is 0 Å². The number of benzene rings is 2. The van der Waals surface area contributed by atoms with E-state index >= 15 is 0 Å². The first-order valence-electron chi connectivity index (χ1n) is 7.67. The second-order valence-electron chi connectivity index (χ2n) is 5.89. The number of fused-ring (bicyclic) bond motifs is 1. The normalized spacial score (nSPS) is 18.1. The van der Waals surface area contributed by atoms with Gasteiger partial charge in [-0.15, -0.1) is 0 Å². The zero-order valence-corrected chi connectivity index (χ0v) is 14.2. The first kappa shape index (κ1) is 16.0. The quantitative estimate of drug-likeness (QED) is 0.938. The molecule has 0 aromatic heterocycles. The number of ether oxygens (including phenoxy) is 1. The average molecular weight is 331 g/mol. The number of hydrogen-bond donors (Lipinski definition) is 1. The Bertz CT molecular complexity index is 801. The van der Waals surface area contributed by atoms with Crippen molar-refractivity contribution in [2.75, 3.05) is 26.5 Å². The topological polar surface area (TPSA) is 55.4 Å². The van der Waals surface area contributed by atoms with Crippen LogP contribution < -0.4 is 10.1 Å². The Morgan fingerprint density at radius 1 is 1.17 bits per heavy atom. The smallest absolute Gasteiger partial charge is 0.179 e. The van der Waals surface area contributed by atoms with E-state index in [1.54, 1.807) is 6.07 Å². The zero-order chi connectivity index (χ0) is 16.4. The van der Waals surface area contributed by atoms with E-state index < -0.39 is 9.84 Å². The molecule has 1 N–H and O–H groups in total. The molecule has 4 nitrogen and oxygen atoms in total. The third-order valence-corrected chi connectivity index (χ3v) is 5.44. The molecule has 1 atom stereocenters. The number of methoxy groups -OCH3 is 1. The summed E-state index contributed by atoms with van der Waals surface area (Å²) in [7, 11) is -1.83. The highest BCUT2D eigenvalue weighted by molar-refractivity contribution is 7.90. The van der Waals surface area contributed by atoms with Crippen molar-refractivity contribution in [3.63, 3.8) is 0 Å². The van der Waals surface area contributed by atoms with Crippen LogP contribution in [0.3, 0.4) is 0 Å². The number of nitrogens with one attached hydrogen (secondary N) is 1. The molecule has 1 unspecified atom stereocenters. The van der Waals surface area contributed by atoms with E-state index in [4.69, 9.17) is 4.74 Å². The third kappa shape index (κ3) is 3.26. The molecule has 0 amide bonds. The summed E-state index contributed by atoms with van der Waals surface area (Å²) in [4.78, 5) is 0.265. The summed E-state index contributed by atoms with van der Waals surface area (Å²) >= 11 is 0. The van der Waals surface area contributed by atoms with E-state index in [-0.39, 0.29) is 10.8 Å². The first-order valence-corrected chi connectivity index (χ1v) is 9.56. The predicted molar refractivity (Wildman–Crippen MR) is 91.0 cm³/mol. The lowest BCUT2D eigenvalue weighted by molar-refractivity contribution is 0.402. The number of sulfone groups is 1. The molecule has 1 aliphatic rings. The van der Waals surface area contributed by atoms with Crippen LogP contribution in [-0.4, -0.2) is 34.9 Å². The van der Waals surface area contributed by atoms with Crippen LogP contribution in [0.5, 0.6) is 5.75 Å². The average Bonchev–Trinajstić information content (AvgIpc) is 2.75. The Hall–Kier alpha value is -1.85. The summed E-state index contributed by atoms with van der Waals surface area (Å²) < 4.78 is 29.6. The molecule has 3 rings (SSSR count). The van der Waals surface area contributed by atoms with Crippen molar-refractivity contribution in [3.05, 3.63) is 59.2 Å². The Kier molecular flexibility index (Phi) is 4.41. The van der Waals surface area contributed by atoms with Gasteiger partial charge < -0.3 is 10.1 Å². The summed E-state index contributed by atoms with van der Waals surface area (Å²) in [5.41, 5.74) is 3.41. The fourth-order valence-corrected chi connectivity index (χ4v) is 4.02.